The summed E-state index contributed by atoms with van der Waals surface area (Å²) < 4.78 is 12.7. The Morgan fingerprint density at radius 3 is 2.49 bits per heavy atom. The number of nitrogens with one attached hydrogen (secondary N) is 1. The molecule has 0 radical (unpaired) electrons. The first kappa shape index (κ1) is 34.4. The number of rotatable bonds is 7. The average Bonchev–Trinajstić information content (AvgIpc) is 3.06. The number of fused-ring (bicyclic) bond motifs is 1. The van der Waals surface area contributed by atoms with Gasteiger partial charge in [-0.15, -0.1) is 0 Å². The normalized spacial score (nSPS) is 22.8. The van der Waals surface area contributed by atoms with E-state index in [1.807, 2.05) is 25.8 Å². The van der Waals surface area contributed by atoms with Crippen molar-refractivity contribution in [1.82, 2.24) is 14.8 Å². The molecule has 1 fully saturated rings. The number of aliphatic hydroxyl groups is 1. The summed E-state index contributed by atoms with van der Waals surface area (Å²) in [6.07, 6.45) is 10.4. The third-order valence-electron chi connectivity index (χ3n) is 9.04. The summed E-state index contributed by atoms with van der Waals surface area (Å²) >= 11 is 0. The van der Waals surface area contributed by atoms with E-state index in [1.54, 1.807) is 54.5 Å². The minimum absolute atomic E-state index is 0.0660. The van der Waals surface area contributed by atoms with Gasteiger partial charge >= 0.3 is 0 Å². The van der Waals surface area contributed by atoms with Gasteiger partial charge in [-0.25, -0.2) is 0 Å². The molecule has 1 aliphatic heterocycles. The molecule has 4 rings (SSSR count). The van der Waals surface area contributed by atoms with Gasteiger partial charge in [0, 0.05) is 62.2 Å². The van der Waals surface area contributed by atoms with Crippen LogP contribution in [0.3, 0.4) is 0 Å². The number of nitrogens with zero attached hydrogens (tertiary/aromatic N) is 3. The highest BCUT2D eigenvalue weighted by atomic mass is 16.5. The van der Waals surface area contributed by atoms with Crippen molar-refractivity contribution in [1.29, 1.82) is 0 Å². The van der Waals surface area contributed by atoms with Gasteiger partial charge in [-0.1, -0.05) is 26.2 Å². The largest absolute Gasteiger partial charge is 0.490 e. The van der Waals surface area contributed by atoms with Gasteiger partial charge in [0.25, 0.3) is 11.8 Å². The number of anilines is 1. The van der Waals surface area contributed by atoms with E-state index in [9.17, 15) is 19.5 Å². The Hall–Kier alpha value is -3.50. The molecule has 1 saturated carbocycles. The minimum Gasteiger partial charge on any atom is -0.490 e. The van der Waals surface area contributed by atoms with E-state index in [4.69, 9.17) is 9.47 Å². The van der Waals surface area contributed by atoms with Gasteiger partial charge in [0.15, 0.2) is 0 Å². The van der Waals surface area contributed by atoms with Crippen molar-refractivity contribution in [3.63, 3.8) is 0 Å². The monoisotopic (exact) mass is 622 g/mol. The van der Waals surface area contributed by atoms with Crippen LogP contribution in [0, 0.1) is 11.8 Å². The number of benzene rings is 1. The topological polar surface area (TPSA) is 121 Å². The lowest BCUT2D eigenvalue weighted by Crippen LogP contribution is -2.48. The first-order valence-corrected chi connectivity index (χ1v) is 16.5. The lowest BCUT2D eigenvalue weighted by atomic mass is 9.88. The lowest BCUT2D eigenvalue weighted by molar-refractivity contribution is -0.137. The van der Waals surface area contributed by atoms with Crippen LogP contribution in [-0.4, -0.2) is 89.2 Å². The number of carbonyl (C=O) groups is 3. The van der Waals surface area contributed by atoms with Crippen molar-refractivity contribution in [2.24, 2.45) is 11.8 Å². The first-order chi connectivity index (χ1) is 21.7. The molecule has 2 heterocycles. The number of aliphatic hydroxyl groups excluding tert-OH is 1. The summed E-state index contributed by atoms with van der Waals surface area (Å²) in [6.45, 7) is 6.88. The van der Waals surface area contributed by atoms with Crippen LogP contribution in [0.4, 0.5) is 5.69 Å². The van der Waals surface area contributed by atoms with Crippen LogP contribution in [0.15, 0.2) is 42.7 Å². The van der Waals surface area contributed by atoms with E-state index in [1.165, 1.54) is 6.42 Å². The van der Waals surface area contributed by atoms with Gasteiger partial charge in [0.1, 0.15) is 5.75 Å². The van der Waals surface area contributed by atoms with Crippen LogP contribution in [0.2, 0.25) is 0 Å². The molecule has 1 aliphatic carbocycles. The SMILES string of the molecule is C[C@H](CO)N1C[C@H](C)[C@H](CN(C)C(=O)C2CCCCC2)OCCCC[C@H](C)Oc2ccc(NC(=O)c3ccncc3)cc2C1=O. The molecule has 3 amide bonds. The molecule has 2 N–H and O–H groups in total. The van der Waals surface area contributed by atoms with Gasteiger partial charge in [-0.3, -0.25) is 19.4 Å². The van der Waals surface area contributed by atoms with E-state index in [2.05, 4.69) is 10.3 Å². The third-order valence-corrected chi connectivity index (χ3v) is 9.04. The summed E-state index contributed by atoms with van der Waals surface area (Å²) in [5.41, 5.74) is 1.21. The Kier molecular flexibility index (Phi) is 12.8. The number of carbonyl (C=O) groups excluding carboxylic acids is 3. The molecular formula is C35H50N4O6. The maximum atomic E-state index is 14.3. The predicted molar refractivity (Wildman–Crippen MR) is 173 cm³/mol. The molecule has 0 spiro atoms. The fraction of sp³-hybridized carbons (Fsp3) is 0.600. The zero-order valence-corrected chi connectivity index (χ0v) is 27.2. The smallest absolute Gasteiger partial charge is 0.258 e. The molecule has 10 nitrogen and oxygen atoms in total. The van der Waals surface area contributed by atoms with Crippen molar-refractivity contribution >= 4 is 23.4 Å². The second-order valence-electron chi connectivity index (χ2n) is 12.8. The minimum atomic E-state index is -0.490. The van der Waals surface area contributed by atoms with E-state index in [0.29, 0.717) is 42.3 Å². The summed E-state index contributed by atoms with van der Waals surface area (Å²) in [6, 6.07) is 7.84. The maximum Gasteiger partial charge on any atom is 0.258 e. The number of hydrogen-bond donors (Lipinski definition) is 2. The number of hydrogen-bond acceptors (Lipinski definition) is 7. The highest BCUT2D eigenvalue weighted by molar-refractivity contribution is 6.05. The Labute approximate surface area is 267 Å². The summed E-state index contributed by atoms with van der Waals surface area (Å²) in [4.78, 5) is 47.9. The van der Waals surface area contributed by atoms with Gasteiger partial charge in [0.05, 0.1) is 30.4 Å². The van der Waals surface area contributed by atoms with Crippen LogP contribution in [0.1, 0.15) is 92.9 Å². The van der Waals surface area contributed by atoms with Crippen LogP contribution in [0.25, 0.3) is 0 Å². The molecule has 0 unspecified atom stereocenters. The molecule has 1 aromatic carbocycles. The number of amides is 3. The van der Waals surface area contributed by atoms with Gasteiger partial charge in [-0.05, 0) is 76.3 Å². The van der Waals surface area contributed by atoms with Crippen LogP contribution >= 0.6 is 0 Å². The van der Waals surface area contributed by atoms with Gasteiger partial charge in [0.2, 0.25) is 5.91 Å². The fourth-order valence-corrected chi connectivity index (χ4v) is 6.19. The highest BCUT2D eigenvalue weighted by Gasteiger charge is 2.32. The molecule has 45 heavy (non-hydrogen) atoms. The molecular weight excluding hydrogens is 572 g/mol. The fourth-order valence-electron chi connectivity index (χ4n) is 6.19. The molecule has 2 aliphatic rings. The van der Waals surface area contributed by atoms with Gasteiger partial charge < -0.3 is 29.7 Å². The number of pyridine rings is 1. The Balaban J connectivity index is 1.61. The molecule has 246 valence electrons. The molecule has 1 aromatic heterocycles. The maximum absolute atomic E-state index is 14.3. The summed E-state index contributed by atoms with van der Waals surface area (Å²) in [7, 11) is 1.86. The predicted octanol–water partition coefficient (Wildman–Crippen LogP) is 5.17. The number of ether oxygens (including phenoxy) is 2. The first-order valence-electron chi connectivity index (χ1n) is 16.5. The molecule has 2 aromatic rings. The van der Waals surface area contributed by atoms with Crippen molar-refractivity contribution in [2.45, 2.75) is 90.4 Å². The van der Waals surface area contributed by atoms with Gasteiger partial charge in [-0.2, -0.15) is 0 Å². The average molecular weight is 623 g/mol. The zero-order chi connectivity index (χ0) is 32.3. The Morgan fingerprint density at radius 2 is 1.78 bits per heavy atom. The zero-order valence-electron chi connectivity index (χ0n) is 27.2. The molecule has 10 heteroatoms. The standard InChI is InChI=1S/C35H50N4O6/c1-24-21-39(25(2)23-40)35(43)30-20-29(37-33(41)27-15-17-36-18-16-27)13-14-31(30)45-26(3)10-8-9-19-44-32(24)22-38(4)34(42)28-11-6-5-7-12-28/h13-18,20,24-26,28,32,40H,5-12,19,21-23H2,1-4H3,(H,37,41)/t24-,25+,26-,32-/m0/s1. The molecule has 0 saturated heterocycles. The number of likely N-dealkylation sites (N-methyl/N-ethyl adjacent to an activating group) is 1. The van der Waals surface area contributed by atoms with Crippen LogP contribution < -0.4 is 10.1 Å². The van der Waals surface area contributed by atoms with Crippen LogP contribution in [0.5, 0.6) is 5.75 Å². The van der Waals surface area contributed by atoms with E-state index in [0.717, 1.165) is 44.9 Å². The Bertz CT molecular complexity index is 1270. The van der Waals surface area contributed by atoms with Crippen LogP contribution in [-0.2, 0) is 9.53 Å². The van der Waals surface area contributed by atoms with Crippen molar-refractivity contribution in [3.8, 4) is 5.75 Å². The van der Waals surface area contributed by atoms with E-state index < -0.39 is 6.04 Å². The second-order valence-corrected chi connectivity index (χ2v) is 12.8. The number of aromatic nitrogens is 1. The van der Waals surface area contributed by atoms with Crippen molar-refractivity contribution in [2.75, 3.05) is 38.7 Å². The van der Waals surface area contributed by atoms with E-state index in [-0.39, 0.29) is 48.4 Å². The van der Waals surface area contributed by atoms with E-state index >= 15 is 0 Å². The summed E-state index contributed by atoms with van der Waals surface area (Å²) in [5, 5.41) is 13.1. The van der Waals surface area contributed by atoms with Crippen molar-refractivity contribution < 1.29 is 29.0 Å². The Morgan fingerprint density at radius 1 is 1.07 bits per heavy atom. The van der Waals surface area contributed by atoms with Crippen molar-refractivity contribution in [3.05, 3.63) is 53.9 Å². The summed E-state index contributed by atoms with van der Waals surface area (Å²) in [5.74, 6) is -0.0987. The molecule has 0 bridgehead atoms. The highest BCUT2D eigenvalue weighted by Crippen LogP contribution is 2.29. The molecule has 4 atom stereocenters. The lowest BCUT2D eigenvalue weighted by Gasteiger charge is -2.36. The third kappa shape index (κ3) is 9.50. The second kappa shape index (κ2) is 16.7. The quantitative estimate of drug-likeness (QED) is 0.437.